The number of carbonyl (C=O) groups excluding carboxylic acids is 1. The van der Waals surface area contributed by atoms with Gasteiger partial charge >= 0.3 is 0 Å². The van der Waals surface area contributed by atoms with E-state index in [0.717, 1.165) is 11.3 Å². The van der Waals surface area contributed by atoms with Crippen molar-refractivity contribution in [3.05, 3.63) is 64.8 Å². The molecule has 0 aliphatic heterocycles. The van der Waals surface area contributed by atoms with Gasteiger partial charge in [0.25, 0.3) is 0 Å². The number of nitrogens with zero attached hydrogens (tertiary/aromatic N) is 2. The first-order chi connectivity index (χ1) is 12.0. The van der Waals surface area contributed by atoms with Crippen molar-refractivity contribution in [2.24, 2.45) is 0 Å². The first-order valence-corrected chi connectivity index (χ1v) is 8.09. The third kappa shape index (κ3) is 3.51. The van der Waals surface area contributed by atoms with Gasteiger partial charge in [0, 0.05) is 30.2 Å². The topological polar surface area (TPSA) is 58.2 Å². The third-order valence-electron chi connectivity index (χ3n) is 3.81. The highest BCUT2D eigenvalue weighted by Crippen LogP contribution is 2.28. The van der Waals surface area contributed by atoms with E-state index in [1.807, 2.05) is 43.3 Å². The average molecular weight is 356 g/mol. The van der Waals surface area contributed by atoms with E-state index in [1.165, 1.54) is 0 Å². The second kappa shape index (κ2) is 6.99. The summed E-state index contributed by atoms with van der Waals surface area (Å²) >= 11 is 5.91. The maximum absolute atomic E-state index is 13.0. The van der Waals surface area contributed by atoms with Gasteiger partial charge in [0.15, 0.2) is 0 Å². The number of aromatic amines is 1. The van der Waals surface area contributed by atoms with Crippen molar-refractivity contribution in [3.8, 4) is 17.0 Å². The molecule has 0 saturated carbocycles. The number of halogens is 1. The van der Waals surface area contributed by atoms with Crippen LogP contribution in [0.3, 0.4) is 0 Å². The van der Waals surface area contributed by atoms with Crippen LogP contribution in [0.25, 0.3) is 11.3 Å². The summed E-state index contributed by atoms with van der Waals surface area (Å²) in [5.41, 5.74) is 2.43. The molecule has 6 heteroatoms. The van der Waals surface area contributed by atoms with Crippen LogP contribution < -0.4 is 9.64 Å². The van der Waals surface area contributed by atoms with Crippen LogP contribution in [0.5, 0.6) is 5.75 Å². The summed E-state index contributed by atoms with van der Waals surface area (Å²) in [4.78, 5) is 22.5. The van der Waals surface area contributed by atoms with E-state index in [2.05, 4.69) is 9.97 Å². The van der Waals surface area contributed by atoms with E-state index < -0.39 is 0 Å². The first kappa shape index (κ1) is 17.0. The summed E-state index contributed by atoms with van der Waals surface area (Å²) in [6, 6.07) is 14.3. The number of imidazole rings is 1. The number of hydrogen-bond acceptors (Lipinski definition) is 4. The molecule has 0 radical (unpaired) electrons. The number of ether oxygens (including phenoxy) is 1. The van der Waals surface area contributed by atoms with Crippen LogP contribution in [-0.2, 0) is 0 Å². The summed E-state index contributed by atoms with van der Waals surface area (Å²) in [5, 5.41) is 0.588. The quantitative estimate of drug-likeness (QED) is 0.702. The molecule has 0 aliphatic carbocycles. The maximum Gasteiger partial charge on any atom is 0.211 e. The molecule has 1 heterocycles. The van der Waals surface area contributed by atoms with Gasteiger partial charge < -0.3 is 14.6 Å². The van der Waals surface area contributed by atoms with Gasteiger partial charge in [-0.1, -0.05) is 11.6 Å². The van der Waals surface area contributed by atoms with Crippen LogP contribution in [0.15, 0.2) is 48.5 Å². The molecular formula is C19H18ClN3O2. The van der Waals surface area contributed by atoms with Gasteiger partial charge in [-0.3, -0.25) is 4.79 Å². The Morgan fingerprint density at radius 3 is 2.28 bits per heavy atom. The largest absolute Gasteiger partial charge is 0.497 e. The van der Waals surface area contributed by atoms with Crippen molar-refractivity contribution >= 4 is 23.3 Å². The lowest BCUT2D eigenvalue weighted by Crippen LogP contribution is -2.10. The van der Waals surface area contributed by atoms with Crippen molar-refractivity contribution in [2.45, 2.75) is 0 Å². The van der Waals surface area contributed by atoms with Crippen LogP contribution in [0.2, 0.25) is 5.02 Å². The van der Waals surface area contributed by atoms with Crippen molar-refractivity contribution in [1.29, 1.82) is 0 Å². The number of anilines is 1. The number of hydrogen-bond donors (Lipinski definition) is 1. The molecule has 0 aliphatic rings. The van der Waals surface area contributed by atoms with Gasteiger partial charge in [-0.25, -0.2) is 4.98 Å². The number of nitrogens with one attached hydrogen (secondary N) is 1. The Morgan fingerprint density at radius 2 is 1.72 bits per heavy atom. The van der Waals surface area contributed by atoms with Crippen LogP contribution in [0.4, 0.5) is 5.95 Å². The molecule has 5 nitrogen and oxygen atoms in total. The molecule has 0 bridgehead atoms. The number of rotatable bonds is 5. The van der Waals surface area contributed by atoms with Crippen LogP contribution in [-0.4, -0.2) is 37.0 Å². The van der Waals surface area contributed by atoms with Gasteiger partial charge in [0.05, 0.1) is 7.11 Å². The van der Waals surface area contributed by atoms with E-state index in [-0.39, 0.29) is 5.78 Å². The number of benzene rings is 2. The molecule has 128 valence electrons. The van der Waals surface area contributed by atoms with E-state index >= 15 is 0 Å². The Bertz CT molecular complexity index is 884. The van der Waals surface area contributed by atoms with Gasteiger partial charge in [-0.2, -0.15) is 0 Å². The molecule has 0 unspecified atom stereocenters. The zero-order valence-corrected chi connectivity index (χ0v) is 15.0. The van der Waals surface area contributed by atoms with Crippen molar-refractivity contribution in [2.75, 3.05) is 26.1 Å². The second-order valence-corrected chi connectivity index (χ2v) is 6.18. The number of ketones is 1. The zero-order chi connectivity index (χ0) is 18.0. The van der Waals surface area contributed by atoms with Crippen molar-refractivity contribution in [3.63, 3.8) is 0 Å². The van der Waals surface area contributed by atoms with Gasteiger partial charge in [-0.15, -0.1) is 0 Å². The standard InChI is InChI=1S/C19H18ClN3O2/c1-23(2)19-21-16(12-6-10-15(25-3)11-7-12)17(22-19)18(24)13-4-8-14(20)9-5-13/h4-11H,1-3H3,(H,21,22). The first-order valence-electron chi connectivity index (χ1n) is 7.71. The minimum atomic E-state index is -0.136. The van der Waals surface area contributed by atoms with Gasteiger partial charge in [-0.05, 0) is 48.5 Å². The summed E-state index contributed by atoms with van der Waals surface area (Å²) in [5.74, 6) is 1.23. The van der Waals surface area contributed by atoms with Crippen LogP contribution in [0, 0.1) is 0 Å². The fourth-order valence-corrected chi connectivity index (χ4v) is 2.57. The third-order valence-corrected chi connectivity index (χ3v) is 4.06. The summed E-state index contributed by atoms with van der Waals surface area (Å²) in [6.07, 6.45) is 0. The van der Waals surface area contributed by atoms with E-state index in [1.54, 1.807) is 31.4 Å². The average Bonchev–Trinajstić information content (AvgIpc) is 3.07. The second-order valence-electron chi connectivity index (χ2n) is 5.74. The molecule has 0 amide bonds. The number of H-pyrrole nitrogens is 1. The van der Waals surface area contributed by atoms with E-state index in [9.17, 15) is 4.79 Å². The number of carbonyl (C=O) groups is 1. The molecular weight excluding hydrogens is 338 g/mol. The lowest BCUT2D eigenvalue weighted by atomic mass is 10.0. The Balaban J connectivity index is 2.08. The molecule has 3 rings (SSSR count). The van der Waals surface area contributed by atoms with Crippen LogP contribution in [0.1, 0.15) is 16.1 Å². The number of aromatic nitrogens is 2. The van der Waals surface area contributed by atoms with Crippen molar-refractivity contribution < 1.29 is 9.53 Å². The molecule has 25 heavy (non-hydrogen) atoms. The Labute approximate surface area is 151 Å². The Kier molecular flexibility index (Phi) is 4.76. The van der Waals surface area contributed by atoms with Gasteiger partial charge in [0.2, 0.25) is 11.7 Å². The van der Waals surface area contributed by atoms with E-state index in [0.29, 0.717) is 27.9 Å². The van der Waals surface area contributed by atoms with Crippen molar-refractivity contribution in [1.82, 2.24) is 9.97 Å². The summed E-state index contributed by atoms with van der Waals surface area (Å²) in [6.45, 7) is 0. The highest BCUT2D eigenvalue weighted by Gasteiger charge is 2.21. The Hall–Kier alpha value is -2.79. The highest BCUT2D eigenvalue weighted by molar-refractivity contribution is 6.30. The molecule has 2 aromatic carbocycles. The van der Waals surface area contributed by atoms with E-state index in [4.69, 9.17) is 16.3 Å². The maximum atomic E-state index is 13.0. The SMILES string of the molecule is COc1ccc(-c2nc(N(C)C)[nH]c2C(=O)c2ccc(Cl)cc2)cc1. The lowest BCUT2D eigenvalue weighted by molar-refractivity contribution is 0.103. The highest BCUT2D eigenvalue weighted by atomic mass is 35.5. The summed E-state index contributed by atoms with van der Waals surface area (Å²) in [7, 11) is 5.35. The van der Waals surface area contributed by atoms with Crippen LogP contribution >= 0.6 is 11.6 Å². The fourth-order valence-electron chi connectivity index (χ4n) is 2.44. The zero-order valence-electron chi connectivity index (χ0n) is 14.2. The number of methoxy groups -OCH3 is 1. The monoisotopic (exact) mass is 355 g/mol. The fraction of sp³-hybridized carbons (Fsp3) is 0.158. The lowest BCUT2D eigenvalue weighted by Gasteiger charge is -2.06. The normalized spacial score (nSPS) is 10.6. The summed E-state index contributed by atoms with van der Waals surface area (Å²) < 4.78 is 5.19. The molecule has 0 atom stereocenters. The minimum Gasteiger partial charge on any atom is -0.497 e. The predicted molar refractivity (Wildman–Crippen MR) is 99.8 cm³/mol. The predicted octanol–water partition coefficient (Wildman–Crippen LogP) is 4.04. The smallest absolute Gasteiger partial charge is 0.211 e. The molecule has 1 aromatic heterocycles. The molecule has 0 fully saturated rings. The minimum absolute atomic E-state index is 0.136. The molecule has 1 N–H and O–H groups in total. The molecule has 0 spiro atoms. The van der Waals surface area contributed by atoms with Gasteiger partial charge in [0.1, 0.15) is 17.1 Å². The molecule has 3 aromatic rings. The Morgan fingerprint density at radius 1 is 1.08 bits per heavy atom. The molecule has 0 saturated heterocycles.